The summed E-state index contributed by atoms with van der Waals surface area (Å²) in [6.45, 7) is 16.9. The molecule has 40 heavy (non-hydrogen) atoms. The summed E-state index contributed by atoms with van der Waals surface area (Å²) in [4.78, 5) is 35.6. The number of carbonyl (C=O) groups excluding carboxylic acids is 2. The predicted octanol–water partition coefficient (Wildman–Crippen LogP) is 6.49. The zero-order chi connectivity index (χ0) is 29.0. The van der Waals surface area contributed by atoms with Crippen LogP contribution in [0.5, 0.6) is 0 Å². The summed E-state index contributed by atoms with van der Waals surface area (Å²) in [5, 5.41) is 0.203. The molecule has 7 nitrogen and oxygen atoms in total. The summed E-state index contributed by atoms with van der Waals surface area (Å²) in [5.41, 5.74) is 5.46. The number of piperazine rings is 1. The van der Waals surface area contributed by atoms with Gasteiger partial charge in [-0.15, -0.1) is 0 Å². The molecule has 0 N–H and O–H groups in total. The summed E-state index contributed by atoms with van der Waals surface area (Å²) < 4.78 is 8.59. The van der Waals surface area contributed by atoms with E-state index in [0.717, 1.165) is 47.9 Å². The van der Waals surface area contributed by atoms with Gasteiger partial charge in [0.25, 0.3) is 5.91 Å². The maximum Gasteiger partial charge on any atom is 0.290 e. The summed E-state index contributed by atoms with van der Waals surface area (Å²) >= 11 is 0. The molecule has 2 heterocycles. The standard InChI is InChI=1S/C32H48N4O3Si/c1-9-21(2)26-18-23(22-10-11-22)19-27-29(26)33-30(34(27)6)31(38)35-16-17-36(28(37)20-35)24-12-14-25(15-13-24)39-40(7,8)32(3,4)5/h9,18-19,22,24-25H,10-17,20H2,1-8H3/b21-9+. The van der Waals surface area contributed by atoms with E-state index in [1.54, 1.807) is 4.90 Å². The molecule has 5 rings (SSSR count). The highest BCUT2D eigenvalue weighted by molar-refractivity contribution is 6.74. The van der Waals surface area contributed by atoms with Gasteiger partial charge in [-0.05, 0) is 99.7 Å². The highest BCUT2D eigenvalue weighted by Crippen LogP contribution is 2.43. The first-order valence-electron chi connectivity index (χ1n) is 15.2. The molecule has 1 aromatic heterocycles. The van der Waals surface area contributed by atoms with Gasteiger partial charge in [-0.2, -0.15) is 0 Å². The minimum absolute atomic E-state index is 0.0496. The molecule has 3 fully saturated rings. The third kappa shape index (κ3) is 5.54. The van der Waals surface area contributed by atoms with E-state index >= 15 is 0 Å². The molecule has 1 saturated heterocycles. The largest absolute Gasteiger partial charge is 0.414 e. The van der Waals surface area contributed by atoms with Gasteiger partial charge in [-0.1, -0.05) is 26.8 Å². The van der Waals surface area contributed by atoms with Crippen LogP contribution in [0, 0.1) is 0 Å². The number of imidazole rings is 1. The van der Waals surface area contributed by atoms with Crippen molar-refractivity contribution in [2.45, 2.75) is 109 Å². The molecule has 0 unspecified atom stereocenters. The maximum absolute atomic E-state index is 13.7. The van der Waals surface area contributed by atoms with E-state index in [2.05, 4.69) is 59.0 Å². The number of rotatable bonds is 6. The van der Waals surface area contributed by atoms with E-state index in [0.29, 0.717) is 30.9 Å². The molecule has 0 bridgehead atoms. The number of hydrogen-bond acceptors (Lipinski definition) is 4. The number of amides is 2. The molecule has 3 aliphatic rings. The van der Waals surface area contributed by atoms with Crippen molar-refractivity contribution in [3.8, 4) is 0 Å². The number of hydrogen-bond donors (Lipinski definition) is 0. The van der Waals surface area contributed by atoms with Gasteiger partial charge in [0.05, 0.1) is 11.0 Å². The van der Waals surface area contributed by atoms with Crippen molar-refractivity contribution in [1.82, 2.24) is 19.4 Å². The van der Waals surface area contributed by atoms with Crippen LogP contribution in [0.25, 0.3) is 16.6 Å². The molecule has 218 valence electrons. The van der Waals surface area contributed by atoms with Gasteiger partial charge in [0.2, 0.25) is 5.91 Å². The van der Waals surface area contributed by atoms with Crippen molar-refractivity contribution in [2.24, 2.45) is 7.05 Å². The average molecular weight is 565 g/mol. The second-order valence-corrected chi connectivity index (χ2v) is 18.6. The first-order valence-corrected chi connectivity index (χ1v) is 18.1. The molecular formula is C32H48N4O3Si. The van der Waals surface area contributed by atoms with Crippen LogP contribution in [-0.2, 0) is 16.3 Å². The van der Waals surface area contributed by atoms with Gasteiger partial charge < -0.3 is 18.8 Å². The molecule has 2 saturated carbocycles. The van der Waals surface area contributed by atoms with Crippen LogP contribution in [0.15, 0.2) is 18.2 Å². The van der Waals surface area contributed by atoms with Crippen molar-refractivity contribution in [1.29, 1.82) is 0 Å². The van der Waals surface area contributed by atoms with Gasteiger partial charge in [-0.3, -0.25) is 9.59 Å². The Morgan fingerprint density at radius 3 is 2.33 bits per heavy atom. The number of fused-ring (bicyclic) bond motifs is 1. The van der Waals surface area contributed by atoms with Crippen molar-refractivity contribution in [3.63, 3.8) is 0 Å². The van der Waals surface area contributed by atoms with Crippen molar-refractivity contribution in [3.05, 3.63) is 35.2 Å². The lowest BCUT2D eigenvalue weighted by Crippen LogP contribution is -2.56. The van der Waals surface area contributed by atoms with E-state index < -0.39 is 8.32 Å². The van der Waals surface area contributed by atoms with Crippen LogP contribution >= 0.6 is 0 Å². The summed E-state index contributed by atoms with van der Waals surface area (Å²) in [5.74, 6) is 0.919. The zero-order valence-corrected chi connectivity index (χ0v) is 26.8. The fraction of sp³-hybridized carbons (Fsp3) is 0.656. The molecule has 1 aliphatic heterocycles. The van der Waals surface area contributed by atoms with Crippen LogP contribution in [0.3, 0.4) is 0 Å². The third-order valence-corrected chi connectivity index (χ3v) is 14.5. The molecule has 2 amide bonds. The predicted molar refractivity (Wildman–Crippen MR) is 164 cm³/mol. The summed E-state index contributed by atoms with van der Waals surface area (Å²) in [6.07, 6.45) is 8.79. The van der Waals surface area contributed by atoms with Crippen LogP contribution in [0.2, 0.25) is 18.1 Å². The topological polar surface area (TPSA) is 67.7 Å². The Labute approximate surface area is 241 Å². The Kier molecular flexibility index (Phi) is 7.81. The fourth-order valence-electron chi connectivity index (χ4n) is 6.06. The smallest absolute Gasteiger partial charge is 0.290 e. The minimum atomic E-state index is -1.79. The Morgan fingerprint density at radius 2 is 1.75 bits per heavy atom. The number of allylic oxidation sites excluding steroid dienone is 2. The van der Waals surface area contributed by atoms with E-state index in [9.17, 15) is 9.59 Å². The number of nitrogens with zero attached hydrogens (tertiary/aromatic N) is 4. The lowest BCUT2D eigenvalue weighted by atomic mass is 9.91. The zero-order valence-electron chi connectivity index (χ0n) is 25.8. The van der Waals surface area contributed by atoms with Crippen LogP contribution in [0.4, 0.5) is 0 Å². The summed E-state index contributed by atoms with van der Waals surface area (Å²) in [6, 6.07) is 4.70. The van der Waals surface area contributed by atoms with E-state index in [1.165, 1.54) is 18.4 Å². The molecule has 0 atom stereocenters. The lowest BCUT2D eigenvalue weighted by Gasteiger charge is -2.44. The number of aryl methyl sites for hydroxylation is 1. The van der Waals surface area contributed by atoms with Crippen molar-refractivity contribution >= 4 is 36.7 Å². The second kappa shape index (κ2) is 10.7. The summed E-state index contributed by atoms with van der Waals surface area (Å²) in [7, 11) is 0.135. The Bertz CT molecular complexity index is 1330. The Balaban J connectivity index is 1.26. The van der Waals surface area contributed by atoms with Crippen LogP contribution in [0.1, 0.15) is 101 Å². The van der Waals surface area contributed by atoms with Gasteiger partial charge in [0.15, 0.2) is 14.1 Å². The van der Waals surface area contributed by atoms with Crippen molar-refractivity contribution in [2.75, 3.05) is 19.6 Å². The molecular weight excluding hydrogens is 516 g/mol. The number of carbonyl (C=O) groups is 2. The highest BCUT2D eigenvalue weighted by Gasteiger charge is 2.41. The van der Waals surface area contributed by atoms with Crippen LogP contribution < -0.4 is 0 Å². The average Bonchev–Trinajstić information content (AvgIpc) is 3.70. The van der Waals surface area contributed by atoms with Gasteiger partial charge in [0, 0.05) is 37.8 Å². The maximum atomic E-state index is 13.7. The lowest BCUT2D eigenvalue weighted by molar-refractivity contribution is -0.138. The Hall–Kier alpha value is -2.45. The van der Waals surface area contributed by atoms with E-state index in [-0.39, 0.29) is 29.4 Å². The van der Waals surface area contributed by atoms with Gasteiger partial charge in [0.1, 0.15) is 6.54 Å². The molecule has 2 aliphatic carbocycles. The quantitative estimate of drug-likeness (QED) is 0.376. The fourth-order valence-corrected chi connectivity index (χ4v) is 7.49. The first-order chi connectivity index (χ1) is 18.8. The Morgan fingerprint density at radius 1 is 1.07 bits per heavy atom. The second-order valence-electron chi connectivity index (χ2n) is 13.8. The minimum Gasteiger partial charge on any atom is -0.414 e. The van der Waals surface area contributed by atoms with E-state index in [1.807, 2.05) is 23.4 Å². The first kappa shape index (κ1) is 29.1. The van der Waals surface area contributed by atoms with Gasteiger partial charge >= 0.3 is 0 Å². The van der Waals surface area contributed by atoms with Crippen LogP contribution in [-0.4, -0.2) is 71.3 Å². The molecule has 8 heteroatoms. The molecule has 0 spiro atoms. The van der Waals surface area contributed by atoms with E-state index in [4.69, 9.17) is 9.41 Å². The normalized spacial score (nSPS) is 23.3. The van der Waals surface area contributed by atoms with Crippen molar-refractivity contribution < 1.29 is 14.0 Å². The molecule has 2 aromatic rings. The molecule has 0 radical (unpaired) electrons. The number of aromatic nitrogens is 2. The molecule has 1 aromatic carbocycles. The van der Waals surface area contributed by atoms with Gasteiger partial charge in [-0.25, -0.2) is 4.98 Å². The monoisotopic (exact) mass is 564 g/mol. The number of benzene rings is 1. The SMILES string of the molecule is C/C=C(\C)c1cc(C2CC2)cc2c1nc(C(=O)N1CCN(C3CCC(O[Si](C)(C)C(C)(C)C)CC3)C(=O)C1)n2C. The third-order valence-electron chi connectivity index (χ3n) is 10.0. The highest BCUT2D eigenvalue weighted by atomic mass is 28.4.